The van der Waals surface area contributed by atoms with Gasteiger partial charge in [0, 0.05) is 5.69 Å². The van der Waals surface area contributed by atoms with Crippen molar-refractivity contribution in [3.05, 3.63) is 83.4 Å². The molecule has 31 heavy (non-hydrogen) atoms. The van der Waals surface area contributed by atoms with E-state index in [1.807, 2.05) is 38.1 Å². The maximum absolute atomic E-state index is 12.8. The van der Waals surface area contributed by atoms with Crippen molar-refractivity contribution in [1.29, 1.82) is 0 Å². The molecule has 3 rings (SSSR count). The van der Waals surface area contributed by atoms with E-state index in [9.17, 15) is 9.59 Å². The highest BCUT2D eigenvalue weighted by Crippen LogP contribution is 2.26. The molecule has 0 aliphatic rings. The summed E-state index contributed by atoms with van der Waals surface area (Å²) in [6.45, 7) is 5.58. The van der Waals surface area contributed by atoms with Crippen LogP contribution in [0, 0.1) is 13.8 Å². The summed E-state index contributed by atoms with van der Waals surface area (Å²) >= 11 is 0. The number of amides is 1. The van der Waals surface area contributed by atoms with E-state index in [-0.39, 0.29) is 0 Å². The van der Waals surface area contributed by atoms with Crippen molar-refractivity contribution >= 4 is 28.9 Å². The summed E-state index contributed by atoms with van der Waals surface area (Å²) < 4.78 is 10.7. The van der Waals surface area contributed by atoms with Crippen LogP contribution in [0.15, 0.2) is 66.7 Å². The topological polar surface area (TPSA) is 76.7 Å². The Balaban J connectivity index is 1.73. The lowest BCUT2D eigenvalue weighted by Gasteiger charge is -2.17. The molecule has 2 N–H and O–H groups in total. The summed E-state index contributed by atoms with van der Waals surface area (Å²) in [5.74, 6) is -0.508. The van der Waals surface area contributed by atoms with Crippen LogP contribution in [0.2, 0.25) is 0 Å². The molecular weight excluding hydrogens is 392 g/mol. The Morgan fingerprint density at radius 3 is 2.23 bits per heavy atom. The van der Waals surface area contributed by atoms with Gasteiger partial charge in [-0.1, -0.05) is 36.4 Å². The summed E-state index contributed by atoms with van der Waals surface area (Å²) in [5.41, 5.74) is 4.61. The lowest BCUT2D eigenvalue weighted by atomic mass is 10.1. The molecule has 0 unspecified atom stereocenters. The number of carbonyl (C=O) groups excluding carboxylic acids is 2. The van der Waals surface area contributed by atoms with E-state index >= 15 is 0 Å². The van der Waals surface area contributed by atoms with Crippen LogP contribution >= 0.6 is 0 Å². The first-order chi connectivity index (χ1) is 14.9. The number of hydrogen-bond donors (Lipinski definition) is 2. The van der Waals surface area contributed by atoms with Crippen LogP contribution in [0.1, 0.15) is 28.4 Å². The highest BCUT2D eigenvalue weighted by molar-refractivity contribution is 6.00. The first kappa shape index (κ1) is 21.9. The van der Waals surface area contributed by atoms with Gasteiger partial charge in [0.2, 0.25) is 0 Å². The molecule has 0 aliphatic carbocycles. The highest BCUT2D eigenvalue weighted by atomic mass is 16.5. The molecule has 1 atom stereocenters. The molecule has 1 amide bonds. The van der Waals surface area contributed by atoms with Crippen LogP contribution in [0.3, 0.4) is 0 Å². The van der Waals surface area contributed by atoms with Crippen molar-refractivity contribution in [1.82, 2.24) is 0 Å². The van der Waals surface area contributed by atoms with Crippen LogP contribution in [0.4, 0.5) is 17.1 Å². The smallest absolute Gasteiger partial charge is 0.341 e. The lowest BCUT2D eigenvalue weighted by molar-refractivity contribution is -0.123. The number of nitrogens with one attached hydrogen (secondary N) is 2. The second-order valence-corrected chi connectivity index (χ2v) is 7.16. The summed E-state index contributed by atoms with van der Waals surface area (Å²) in [7, 11) is 1.52. The molecule has 3 aromatic rings. The van der Waals surface area contributed by atoms with Crippen LogP contribution in [0.25, 0.3) is 0 Å². The fourth-order valence-electron chi connectivity index (χ4n) is 3.06. The summed E-state index contributed by atoms with van der Waals surface area (Å²) in [6.07, 6.45) is -0.994. The predicted molar refractivity (Wildman–Crippen MR) is 122 cm³/mol. The number of rotatable bonds is 7. The van der Waals surface area contributed by atoms with Crippen molar-refractivity contribution in [2.75, 3.05) is 17.7 Å². The molecule has 0 bridgehead atoms. The fourth-order valence-corrected chi connectivity index (χ4v) is 3.06. The Morgan fingerprint density at radius 2 is 1.48 bits per heavy atom. The van der Waals surface area contributed by atoms with Gasteiger partial charge in [0.1, 0.15) is 5.75 Å². The number of hydrogen-bond acceptors (Lipinski definition) is 5. The number of methoxy groups -OCH3 is 1. The Labute approximate surface area is 182 Å². The quantitative estimate of drug-likeness (QED) is 0.513. The van der Waals surface area contributed by atoms with Crippen molar-refractivity contribution in [2.45, 2.75) is 26.9 Å². The molecule has 0 spiro atoms. The molecule has 160 valence electrons. The normalized spacial score (nSPS) is 11.4. The lowest BCUT2D eigenvalue weighted by Crippen LogP contribution is -2.30. The minimum absolute atomic E-state index is 0.348. The summed E-state index contributed by atoms with van der Waals surface area (Å²) in [6, 6.07) is 20.0. The van der Waals surface area contributed by atoms with Gasteiger partial charge in [-0.25, -0.2) is 4.79 Å². The largest absolute Gasteiger partial charge is 0.495 e. The number of aryl methyl sites for hydroxylation is 1. The van der Waals surface area contributed by atoms with Crippen molar-refractivity contribution < 1.29 is 19.1 Å². The molecular formula is C25H26N2O4. The zero-order chi connectivity index (χ0) is 22.4. The van der Waals surface area contributed by atoms with Gasteiger partial charge in [-0.2, -0.15) is 0 Å². The third kappa shape index (κ3) is 5.22. The number of carbonyl (C=O) groups is 2. The van der Waals surface area contributed by atoms with E-state index in [1.54, 1.807) is 42.5 Å². The van der Waals surface area contributed by atoms with Crippen molar-refractivity contribution in [3.8, 4) is 5.75 Å². The SMILES string of the molecule is COc1ccccc1NC(=O)[C@H](C)OC(=O)c1ccccc1Nc1cccc(C)c1C. The van der Waals surface area contributed by atoms with Gasteiger partial charge in [0.15, 0.2) is 6.10 Å². The van der Waals surface area contributed by atoms with Gasteiger partial charge in [-0.15, -0.1) is 0 Å². The number of ether oxygens (including phenoxy) is 2. The van der Waals surface area contributed by atoms with Crippen molar-refractivity contribution in [3.63, 3.8) is 0 Å². The zero-order valence-corrected chi connectivity index (χ0v) is 18.1. The number of anilines is 3. The summed E-state index contributed by atoms with van der Waals surface area (Å²) in [4.78, 5) is 25.4. The highest BCUT2D eigenvalue weighted by Gasteiger charge is 2.22. The molecule has 0 saturated carbocycles. The Kier molecular flexibility index (Phi) is 6.92. The maximum atomic E-state index is 12.8. The third-order valence-electron chi connectivity index (χ3n) is 5.04. The zero-order valence-electron chi connectivity index (χ0n) is 18.1. The van der Waals surface area contributed by atoms with Crippen LogP contribution < -0.4 is 15.4 Å². The van der Waals surface area contributed by atoms with E-state index in [1.165, 1.54) is 14.0 Å². The molecule has 6 nitrogen and oxygen atoms in total. The third-order valence-corrected chi connectivity index (χ3v) is 5.04. The standard InChI is InChI=1S/C25H26N2O4/c1-16-10-9-14-20(17(16)2)26-21-12-6-5-11-19(21)25(29)31-18(3)24(28)27-22-13-7-8-15-23(22)30-4/h5-15,18,26H,1-4H3,(H,27,28)/t18-/m0/s1. The second kappa shape index (κ2) is 9.80. The number of esters is 1. The fraction of sp³-hybridized carbons (Fsp3) is 0.200. The van der Waals surface area contributed by atoms with Gasteiger partial charge in [0.05, 0.1) is 24.0 Å². The minimum Gasteiger partial charge on any atom is -0.495 e. The molecule has 0 aromatic heterocycles. The van der Waals surface area contributed by atoms with Crippen LogP contribution in [-0.2, 0) is 9.53 Å². The first-order valence-corrected chi connectivity index (χ1v) is 9.98. The first-order valence-electron chi connectivity index (χ1n) is 9.98. The Bertz CT molecular complexity index is 1090. The molecule has 6 heteroatoms. The molecule has 0 fully saturated rings. The van der Waals surface area contributed by atoms with Crippen LogP contribution in [0.5, 0.6) is 5.75 Å². The van der Waals surface area contributed by atoms with Gasteiger partial charge in [-0.05, 0) is 62.2 Å². The van der Waals surface area contributed by atoms with Crippen molar-refractivity contribution in [2.24, 2.45) is 0 Å². The number of para-hydroxylation sites is 3. The molecule has 0 radical (unpaired) electrons. The Hall–Kier alpha value is -3.80. The maximum Gasteiger partial charge on any atom is 0.341 e. The molecule has 0 saturated heterocycles. The molecule has 0 aliphatic heterocycles. The Morgan fingerprint density at radius 1 is 0.839 bits per heavy atom. The predicted octanol–water partition coefficient (Wildman–Crippen LogP) is 5.24. The average Bonchev–Trinajstić information content (AvgIpc) is 2.77. The van der Waals surface area contributed by atoms with Gasteiger partial charge >= 0.3 is 5.97 Å². The van der Waals surface area contributed by atoms with E-state index in [0.717, 1.165) is 16.8 Å². The van der Waals surface area contributed by atoms with E-state index in [0.29, 0.717) is 22.7 Å². The number of benzene rings is 3. The van der Waals surface area contributed by atoms with Crippen LogP contribution in [-0.4, -0.2) is 25.1 Å². The van der Waals surface area contributed by atoms with E-state index < -0.39 is 18.0 Å². The average molecular weight is 418 g/mol. The molecule has 3 aromatic carbocycles. The summed E-state index contributed by atoms with van der Waals surface area (Å²) in [5, 5.41) is 6.03. The van der Waals surface area contributed by atoms with Gasteiger partial charge in [-0.3, -0.25) is 4.79 Å². The monoisotopic (exact) mass is 418 g/mol. The van der Waals surface area contributed by atoms with Gasteiger partial charge in [0.25, 0.3) is 5.91 Å². The molecule has 0 heterocycles. The van der Waals surface area contributed by atoms with E-state index in [4.69, 9.17) is 9.47 Å². The minimum atomic E-state index is -0.994. The van der Waals surface area contributed by atoms with Gasteiger partial charge < -0.3 is 20.1 Å². The second-order valence-electron chi connectivity index (χ2n) is 7.16. The van der Waals surface area contributed by atoms with E-state index in [2.05, 4.69) is 10.6 Å².